The van der Waals surface area contributed by atoms with E-state index in [2.05, 4.69) is 121 Å². The van der Waals surface area contributed by atoms with Gasteiger partial charge in [-0.3, -0.25) is 4.90 Å². The van der Waals surface area contributed by atoms with Crippen LogP contribution in [0.25, 0.3) is 0 Å². The molecule has 0 aliphatic carbocycles. The number of allylic oxidation sites excluding steroid dienone is 2. The van der Waals surface area contributed by atoms with Gasteiger partial charge in [-0.2, -0.15) is 0 Å². The van der Waals surface area contributed by atoms with Crippen LogP contribution in [0.3, 0.4) is 0 Å². The molecule has 0 bridgehead atoms. The lowest BCUT2D eigenvalue weighted by Crippen LogP contribution is -2.38. The largest absolute Gasteiger partial charge is 0.292 e. The number of benzene rings is 2. The third-order valence-corrected chi connectivity index (χ3v) is 8.25. The molecule has 230 valence electrons. The summed E-state index contributed by atoms with van der Waals surface area (Å²) in [7, 11) is 0. The zero-order valence-electron chi connectivity index (χ0n) is 28.6. The zero-order valence-corrected chi connectivity index (χ0v) is 28.6. The summed E-state index contributed by atoms with van der Waals surface area (Å²) in [4.78, 5) is 2.77. The molecule has 2 rings (SSSR count). The SMILES string of the molecule is C=C(C)C.C=C(CCCN(CC(C)C(C)(C)C)C(c1ccccc1)c1ccc(CCC)cc1)CC(CCC)CCC. The summed E-state index contributed by atoms with van der Waals surface area (Å²) in [5.74, 6) is 1.41. The van der Waals surface area contributed by atoms with Gasteiger partial charge in [-0.15, -0.1) is 6.58 Å². The minimum Gasteiger partial charge on any atom is -0.292 e. The monoisotopic (exact) mass is 560 g/mol. The van der Waals surface area contributed by atoms with E-state index in [1.54, 1.807) is 0 Å². The van der Waals surface area contributed by atoms with Crippen molar-refractivity contribution in [3.05, 3.63) is 95.6 Å². The van der Waals surface area contributed by atoms with Gasteiger partial charge >= 0.3 is 0 Å². The van der Waals surface area contributed by atoms with Crippen molar-refractivity contribution in [2.24, 2.45) is 17.3 Å². The zero-order chi connectivity index (χ0) is 30.8. The van der Waals surface area contributed by atoms with Gasteiger partial charge in [0.1, 0.15) is 0 Å². The fourth-order valence-electron chi connectivity index (χ4n) is 5.56. The van der Waals surface area contributed by atoms with Crippen molar-refractivity contribution in [2.75, 3.05) is 13.1 Å². The second-order valence-electron chi connectivity index (χ2n) is 13.8. The Bertz CT molecular complexity index is 952. The van der Waals surface area contributed by atoms with E-state index in [0.717, 1.165) is 31.8 Å². The van der Waals surface area contributed by atoms with Crippen molar-refractivity contribution >= 4 is 0 Å². The standard InChI is InChI=1S/C36H57N.C4H8/c1-9-16-31-22-24-34(25-23-31)35(33-20-13-12-14-21-33)37(28-30(5)36(6,7)8)26-15-19-29(4)27-32(17-10-2)18-11-3;1-4(2)3/h12-14,20-25,30,32,35H,4,9-11,15-19,26-28H2,1-3,5-8H3;1H2,2-3H3. The Hall–Kier alpha value is -2.12. The van der Waals surface area contributed by atoms with Gasteiger partial charge in [0.25, 0.3) is 0 Å². The molecular formula is C40H65N. The summed E-state index contributed by atoms with van der Waals surface area (Å²) in [6.45, 7) is 30.7. The molecule has 0 saturated carbocycles. The van der Waals surface area contributed by atoms with E-state index in [4.69, 9.17) is 0 Å². The van der Waals surface area contributed by atoms with Crippen molar-refractivity contribution in [2.45, 2.75) is 126 Å². The van der Waals surface area contributed by atoms with E-state index in [9.17, 15) is 0 Å². The van der Waals surface area contributed by atoms with Crippen LogP contribution in [0.2, 0.25) is 0 Å². The quantitative estimate of drug-likeness (QED) is 0.174. The van der Waals surface area contributed by atoms with Crippen molar-refractivity contribution < 1.29 is 0 Å². The second-order valence-corrected chi connectivity index (χ2v) is 13.8. The molecule has 2 aromatic rings. The van der Waals surface area contributed by atoms with Gasteiger partial charge < -0.3 is 0 Å². The number of rotatable bonds is 17. The Morgan fingerprint density at radius 3 is 1.83 bits per heavy atom. The maximum Gasteiger partial charge on any atom is 0.0601 e. The molecule has 0 aliphatic rings. The number of nitrogens with zero attached hydrogens (tertiary/aromatic N) is 1. The predicted molar refractivity (Wildman–Crippen MR) is 186 cm³/mol. The summed E-state index contributed by atoms with van der Waals surface area (Å²) < 4.78 is 0. The van der Waals surface area contributed by atoms with Gasteiger partial charge in [-0.05, 0) is 80.0 Å². The normalized spacial score (nSPS) is 13.0. The van der Waals surface area contributed by atoms with Crippen LogP contribution in [0.4, 0.5) is 0 Å². The van der Waals surface area contributed by atoms with Gasteiger partial charge in [0.05, 0.1) is 6.04 Å². The van der Waals surface area contributed by atoms with Crippen LogP contribution < -0.4 is 0 Å². The molecule has 0 heterocycles. The number of hydrogen-bond acceptors (Lipinski definition) is 1. The minimum absolute atomic E-state index is 0.279. The summed E-state index contributed by atoms with van der Waals surface area (Å²) in [6.07, 6.45) is 11.1. The molecule has 0 N–H and O–H groups in total. The molecule has 0 aliphatic heterocycles. The smallest absolute Gasteiger partial charge is 0.0601 e. The molecule has 0 aromatic heterocycles. The van der Waals surface area contributed by atoms with Crippen molar-refractivity contribution in [1.82, 2.24) is 4.90 Å². The first kappa shape index (κ1) is 36.9. The highest BCUT2D eigenvalue weighted by Gasteiger charge is 2.28. The summed E-state index contributed by atoms with van der Waals surface area (Å²) in [6, 6.07) is 20.9. The molecule has 1 heteroatoms. The van der Waals surface area contributed by atoms with Crippen LogP contribution in [0.5, 0.6) is 0 Å². The first-order valence-corrected chi connectivity index (χ1v) is 16.6. The van der Waals surface area contributed by atoms with Gasteiger partial charge in [-0.25, -0.2) is 0 Å². The molecule has 0 radical (unpaired) electrons. The highest BCUT2D eigenvalue weighted by atomic mass is 15.2. The lowest BCUT2D eigenvalue weighted by atomic mass is 9.81. The first-order valence-electron chi connectivity index (χ1n) is 16.6. The first-order chi connectivity index (χ1) is 19.4. The molecule has 41 heavy (non-hydrogen) atoms. The summed E-state index contributed by atoms with van der Waals surface area (Å²) in [5, 5.41) is 0. The van der Waals surface area contributed by atoms with Crippen LogP contribution in [-0.4, -0.2) is 18.0 Å². The molecule has 2 aromatic carbocycles. The molecular weight excluding hydrogens is 494 g/mol. The van der Waals surface area contributed by atoms with E-state index < -0.39 is 0 Å². The van der Waals surface area contributed by atoms with Crippen molar-refractivity contribution in [1.29, 1.82) is 0 Å². The van der Waals surface area contributed by atoms with Gasteiger partial charge in [0.15, 0.2) is 0 Å². The van der Waals surface area contributed by atoms with E-state index in [1.807, 2.05) is 13.8 Å². The van der Waals surface area contributed by atoms with Crippen LogP contribution >= 0.6 is 0 Å². The lowest BCUT2D eigenvalue weighted by Gasteiger charge is -2.38. The Balaban J connectivity index is 0.00000196. The third kappa shape index (κ3) is 15.1. The van der Waals surface area contributed by atoms with E-state index in [1.165, 1.54) is 72.8 Å². The number of aryl methyl sites for hydroxylation is 1. The van der Waals surface area contributed by atoms with E-state index in [-0.39, 0.29) is 11.5 Å². The van der Waals surface area contributed by atoms with Crippen LogP contribution in [-0.2, 0) is 6.42 Å². The molecule has 0 amide bonds. The lowest BCUT2D eigenvalue weighted by molar-refractivity contribution is 0.135. The van der Waals surface area contributed by atoms with Crippen LogP contribution in [0.1, 0.15) is 136 Å². The summed E-state index contributed by atoms with van der Waals surface area (Å²) in [5.41, 5.74) is 7.16. The summed E-state index contributed by atoms with van der Waals surface area (Å²) >= 11 is 0. The average Bonchev–Trinajstić information content (AvgIpc) is 2.90. The molecule has 1 nitrogen and oxygen atoms in total. The molecule has 2 unspecified atom stereocenters. The maximum absolute atomic E-state index is 4.53. The molecule has 0 saturated heterocycles. The highest BCUT2D eigenvalue weighted by molar-refractivity contribution is 5.34. The van der Waals surface area contributed by atoms with Gasteiger partial charge in [0, 0.05) is 6.54 Å². The Morgan fingerprint density at radius 2 is 1.34 bits per heavy atom. The predicted octanol–water partition coefficient (Wildman–Crippen LogP) is 12.2. The van der Waals surface area contributed by atoms with Crippen molar-refractivity contribution in [3.8, 4) is 0 Å². The number of hydrogen-bond donors (Lipinski definition) is 0. The minimum atomic E-state index is 0.279. The van der Waals surface area contributed by atoms with Crippen LogP contribution in [0, 0.1) is 17.3 Å². The van der Waals surface area contributed by atoms with E-state index in [0.29, 0.717) is 5.92 Å². The molecule has 0 fully saturated rings. The average molecular weight is 560 g/mol. The van der Waals surface area contributed by atoms with Gasteiger partial charge in [0.2, 0.25) is 0 Å². The molecule has 0 spiro atoms. The van der Waals surface area contributed by atoms with Crippen molar-refractivity contribution in [3.63, 3.8) is 0 Å². The fourth-order valence-corrected chi connectivity index (χ4v) is 5.56. The Kier molecular flexibility index (Phi) is 17.9. The fraction of sp³-hybridized carbons (Fsp3) is 0.600. The second kappa shape index (κ2) is 19.9. The topological polar surface area (TPSA) is 3.24 Å². The van der Waals surface area contributed by atoms with E-state index >= 15 is 0 Å². The Labute approximate surface area is 256 Å². The maximum atomic E-state index is 4.53. The molecule has 2 atom stereocenters. The Morgan fingerprint density at radius 1 is 0.805 bits per heavy atom. The third-order valence-electron chi connectivity index (χ3n) is 8.25. The highest BCUT2D eigenvalue weighted by Crippen LogP contribution is 2.34. The van der Waals surface area contributed by atoms with Crippen LogP contribution in [0.15, 0.2) is 78.9 Å². The van der Waals surface area contributed by atoms with Gasteiger partial charge in [-0.1, -0.05) is 153 Å².